The van der Waals surface area contributed by atoms with Gasteiger partial charge < -0.3 is 4.89 Å². The molecule has 19 heavy (non-hydrogen) atoms. The molecule has 0 amide bonds. The van der Waals surface area contributed by atoms with E-state index in [4.69, 9.17) is 9.78 Å². The lowest BCUT2D eigenvalue weighted by atomic mass is 9.90. The van der Waals surface area contributed by atoms with Crippen LogP contribution in [0.5, 0.6) is 5.75 Å². The van der Waals surface area contributed by atoms with Crippen LogP contribution in [0.4, 0.5) is 0 Å². The van der Waals surface area contributed by atoms with Crippen LogP contribution >= 0.6 is 0 Å². The zero-order chi connectivity index (χ0) is 14.6. The highest BCUT2D eigenvalue weighted by atomic mass is 17.2. The number of hydrogen-bond donors (Lipinski definition) is 0. The lowest BCUT2D eigenvalue weighted by Gasteiger charge is -2.24. The van der Waals surface area contributed by atoms with Gasteiger partial charge in [0.15, 0.2) is 5.75 Å². The van der Waals surface area contributed by atoms with E-state index in [0.717, 1.165) is 12.2 Å². The highest BCUT2D eigenvalue weighted by molar-refractivity contribution is 5.43. The van der Waals surface area contributed by atoms with Crippen molar-refractivity contribution in [3.05, 3.63) is 29.3 Å². The molecular formula is C17H28O2. The molecule has 0 spiro atoms. The van der Waals surface area contributed by atoms with Crippen molar-refractivity contribution in [2.45, 2.75) is 72.3 Å². The van der Waals surface area contributed by atoms with Crippen LogP contribution in [0, 0.1) is 0 Å². The van der Waals surface area contributed by atoms with Crippen molar-refractivity contribution in [1.82, 2.24) is 0 Å². The van der Waals surface area contributed by atoms with Gasteiger partial charge in [0.2, 0.25) is 0 Å². The lowest BCUT2D eigenvalue weighted by Crippen LogP contribution is -2.25. The van der Waals surface area contributed by atoms with Gasteiger partial charge in [-0.1, -0.05) is 46.8 Å². The maximum absolute atomic E-state index is 5.64. The Morgan fingerprint density at radius 1 is 1.05 bits per heavy atom. The highest BCUT2D eigenvalue weighted by Crippen LogP contribution is 2.34. The molecule has 0 fully saturated rings. The lowest BCUT2D eigenvalue weighted by molar-refractivity contribution is -0.281. The molecule has 108 valence electrons. The van der Waals surface area contributed by atoms with Crippen molar-refractivity contribution in [2.24, 2.45) is 0 Å². The van der Waals surface area contributed by atoms with E-state index in [9.17, 15) is 0 Å². The van der Waals surface area contributed by atoms with Gasteiger partial charge in [0.05, 0.1) is 0 Å². The first-order valence-corrected chi connectivity index (χ1v) is 7.27. The Balaban J connectivity index is 3.04. The summed E-state index contributed by atoms with van der Waals surface area (Å²) in [5.41, 5.74) is 2.33. The van der Waals surface area contributed by atoms with Gasteiger partial charge in [-0.15, -0.1) is 0 Å². The van der Waals surface area contributed by atoms with Gasteiger partial charge in [-0.2, -0.15) is 4.89 Å². The maximum Gasteiger partial charge on any atom is 0.169 e. The first kappa shape index (κ1) is 16.0. The van der Waals surface area contributed by atoms with Gasteiger partial charge in [0.25, 0.3) is 0 Å². The highest BCUT2D eigenvalue weighted by Gasteiger charge is 2.21. The summed E-state index contributed by atoms with van der Waals surface area (Å²) in [6.07, 6.45) is 0.911. The van der Waals surface area contributed by atoms with Gasteiger partial charge in [-0.05, 0) is 43.7 Å². The molecule has 0 bridgehead atoms. The second-order valence-electron chi connectivity index (χ2n) is 6.35. The normalized spacial score (nSPS) is 12.3. The van der Waals surface area contributed by atoms with Gasteiger partial charge in [0.1, 0.15) is 5.60 Å². The molecule has 1 rings (SSSR count). The second-order valence-corrected chi connectivity index (χ2v) is 6.35. The fourth-order valence-electron chi connectivity index (χ4n) is 1.97. The average Bonchev–Trinajstić information content (AvgIpc) is 2.35. The molecule has 0 heterocycles. The van der Waals surface area contributed by atoms with E-state index in [-0.39, 0.29) is 5.60 Å². The third kappa shape index (κ3) is 4.24. The molecule has 0 atom stereocenters. The maximum atomic E-state index is 5.64. The third-order valence-electron chi connectivity index (χ3n) is 3.51. The molecule has 1 aromatic rings. The van der Waals surface area contributed by atoms with Gasteiger partial charge in [-0.25, -0.2) is 0 Å². The van der Waals surface area contributed by atoms with Crippen molar-refractivity contribution in [3.63, 3.8) is 0 Å². The Kier molecular flexibility index (Phi) is 5.42. The zero-order valence-corrected chi connectivity index (χ0v) is 13.4. The smallest absolute Gasteiger partial charge is 0.169 e. The Morgan fingerprint density at radius 2 is 1.68 bits per heavy atom. The van der Waals surface area contributed by atoms with Gasteiger partial charge in [0, 0.05) is 5.56 Å². The molecule has 0 saturated heterocycles. The molecule has 0 aliphatic rings. The minimum atomic E-state index is -0.262. The van der Waals surface area contributed by atoms with E-state index in [1.165, 1.54) is 11.1 Å². The molecule has 2 nitrogen and oxygen atoms in total. The minimum absolute atomic E-state index is 0.262. The largest absolute Gasteiger partial charge is 0.337 e. The molecule has 0 unspecified atom stereocenters. The van der Waals surface area contributed by atoms with E-state index in [0.29, 0.717) is 11.8 Å². The van der Waals surface area contributed by atoms with E-state index >= 15 is 0 Å². The van der Waals surface area contributed by atoms with Crippen LogP contribution in [0.15, 0.2) is 18.2 Å². The van der Waals surface area contributed by atoms with Gasteiger partial charge >= 0.3 is 0 Å². The van der Waals surface area contributed by atoms with E-state index in [2.05, 4.69) is 40.7 Å². The van der Waals surface area contributed by atoms with E-state index in [1.807, 2.05) is 26.0 Å². The first-order chi connectivity index (χ1) is 8.78. The fraction of sp³-hybridized carbons (Fsp3) is 0.647. The molecule has 1 aromatic carbocycles. The Bertz CT molecular complexity index is 406. The Labute approximate surface area is 118 Å². The quantitative estimate of drug-likeness (QED) is 0.503. The topological polar surface area (TPSA) is 18.5 Å². The zero-order valence-electron chi connectivity index (χ0n) is 13.4. The standard InChI is InChI=1S/C17H28O2/c1-8-17(6,7)19-18-15-11-9-10-14(12(2)3)16(15)13(4)5/h9-13H,8H2,1-7H3. The van der Waals surface area contributed by atoms with E-state index < -0.39 is 0 Å². The number of benzene rings is 1. The molecule has 0 N–H and O–H groups in total. The number of rotatable bonds is 6. The summed E-state index contributed by atoms with van der Waals surface area (Å²) in [4.78, 5) is 11.2. The van der Waals surface area contributed by atoms with Crippen molar-refractivity contribution in [2.75, 3.05) is 0 Å². The predicted molar refractivity (Wildman–Crippen MR) is 80.7 cm³/mol. The van der Waals surface area contributed by atoms with Crippen LogP contribution in [0.2, 0.25) is 0 Å². The van der Waals surface area contributed by atoms with Crippen LogP contribution in [0.1, 0.15) is 77.8 Å². The Hall–Kier alpha value is -1.02. The molecule has 0 saturated carbocycles. The SMILES string of the molecule is CCC(C)(C)OOc1cccc(C(C)C)c1C(C)C. The third-order valence-corrected chi connectivity index (χ3v) is 3.51. The van der Waals surface area contributed by atoms with Crippen LogP contribution in [0.3, 0.4) is 0 Å². The molecule has 0 aromatic heterocycles. The van der Waals surface area contributed by atoms with Crippen molar-refractivity contribution in [1.29, 1.82) is 0 Å². The Morgan fingerprint density at radius 3 is 2.16 bits per heavy atom. The molecule has 0 radical (unpaired) electrons. The van der Waals surface area contributed by atoms with E-state index in [1.54, 1.807) is 0 Å². The van der Waals surface area contributed by atoms with Crippen molar-refractivity contribution >= 4 is 0 Å². The summed E-state index contributed by atoms with van der Waals surface area (Å²) in [5.74, 6) is 1.75. The van der Waals surface area contributed by atoms with Crippen LogP contribution in [0.25, 0.3) is 0 Å². The van der Waals surface area contributed by atoms with Crippen LogP contribution in [-0.2, 0) is 4.89 Å². The summed E-state index contributed by atoms with van der Waals surface area (Å²) in [6, 6.07) is 6.21. The first-order valence-electron chi connectivity index (χ1n) is 7.27. The summed E-state index contributed by atoms with van der Waals surface area (Å²) in [7, 11) is 0. The summed E-state index contributed by atoms with van der Waals surface area (Å²) < 4.78 is 0. The average molecular weight is 264 g/mol. The summed E-state index contributed by atoms with van der Waals surface area (Å²) in [6.45, 7) is 15.0. The minimum Gasteiger partial charge on any atom is -0.337 e. The van der Waals surface area contributed by atoms with Crippen LogP contribution in [-0.4, -0.2) is 5.60 Å². The fourth-order valence-corrected chi connectivity index (χ4v) is 1.97. The second kappa shape index (κ2) is 6.42. The predicted octanol–water partition coefficient (Wildman–Crippen LogP) is 5.43. The summed E-state index contributed by atoms with van der Waals surface area (Å²) >= 11 is 0. The summed E-state index contributed by atoms with van der Waals surface area (Å²) in [5, 5.41) is 0. The van der Waals surface area contributed by atoms with Crippen molar-refractivity contribution < 1.29 is 9.78 Å². The molecule has 2 heteroatoms. The molecular weight excluding hydrogens is 236 g/mol. The van der Waals surface area contributed by atoms with Gasteiger partial charge in [-0.3, -0.25) is 0 Å². The monoisotopic (exact) mass is 264 g/mol. The van der Waals surface area contributed by atoms with Crippen LogP contribution < -0.4 is 4.89 Å². The number of hydrogen-bond acceptors (Lipinski definition) is 2. The van der Waals surface area contributed by atoms with Crippen molar-refractivity contribution in [3.8, 4) is 5.75 Å². The molecule has 0 aliphatic carbocycles. The molecule has 0 aliphatic heterocycles.